The summed E-state index contributed by atoms with van der Waals surface area (Å²) in [5, 5.41) is 1.22. The average Bonchev–Trinajstić information content (AvgIpc) is 2.70. The van der Waals surface area contributed by atoms with Crippen molar-refractivity contribution in [1.29, 1.82) is 0 Å². The van der Waals surface area contributed by atoms with Crippen molar-refractivity contribution in [2.75, 3.05) is 0 Å². The Morgan fingerprint density at radius 1 is 1.38 bits per heavy atom. The van der Waals surface area contributed by atoms with E-state index in [0.29, 0.717) is 0 Å². The first-order chi connectivity index (χ1) is 7.63. The average molecular weight is 215 g/mol. The first-order valence-electron chi connectivity index (χ1n) is 5.73. The van der Waals surface area contributed by atoms with E-state index in [9.17, 15) is 4.79 Å². The lowest BCUT2D eigenvalue weighted by Gasteiger charge is -2.11. The van der Waals surface area contributed by atoms with Crippen LogP contribution in [0.4, 0.5) is 0 Å². The largest absolute Gasteiger partial charge is 0.337 e. The van der Waals surface area contributed by atoms with Crippen LogP contribution in [0.5, 0.6) is 0 Å². The topological polar surface area (TPSA) is 22.0 Å². The van der Waals surface area contributed by atoms with Crippen molar-refractivity contribution in [3.8, 4) is 0 Å². The highest BCUT2D eigenvalue weighted by atomic mass is 16.1. The Kier molecular flexibility index (Phi) is 2.82. The van der Waals surface area contributed by atoms with Crippen LogP contribution in [0, 0.1) is 0 Å². The number of aromatic nitrogens is 1. The van der Waals surface area contributed by atoms with Gasteiger partial charge in [0.15, 0.2) is 5.78 Å². The third kappa shape index (κ3) is 1.75. The Bertz CT molecular complexity index is 525. The summed E-state index contributed by atoms with van der Waals surface area (Å²) in [6, 6.07) is 8.43. The molecule has 0 aliphatic heterocycles. The summed E-state index contributed by atoms with van der Waals surface area (Å²) in [5.74, 6) is 0.192. The van der Waals surface area contributed by atoms with Crippen molar-refractivity contribution in [3.05, 3.63) is 36.0 Å². The molecule has 0 radical (unpaired) electrons. The molecule has 0 saturated carbocycles. The van der Waals surface area contributed by atoms with Crippen LogP contribution in [0.2, 0.25) is 0 Å². The van der Waals surface area contributed by atoms with Crippen LogP contribution in [0.25, 0.3) is 10.9 Å². The van der Waals surface area contributed by atoms with Crippen molar-refractivity contribution in [1.82, 2.24) is 4.57 Å². The maximum atomic E-state index is 11.4. The van der Waals surface area contributed by atoms with E-state index in [-0.39, 0.29) is 11.8 Å². The molecule has 1 aromatic carbocycles. The molecule has 1 heterocycles. The van der Waals surface area contributed by atoms with Gasteiger partial charge < -0.3 is 4.57 Å². The molecule has 0 amide bonds. The first-order valence-corrected chi connectivity index (χ1v) is 5.73. The molecule has 16 heavy (non-hydrogen) atoms. The summed E-state index contributed by atoms with van der Waals surface area (Å²) in [5.41, 5.74) is 2.47. The van der Waals surface area contributed by atoms with Crippen LogP contribution >= 0.6 is 0 Å². The van der Waals surface area contributed by atoms with Crippen LogP contribution in [0.15, 0.2) is 30.5 Å². The quantitative estimate of drug-likeness (QED) is 0.769. The minimum absolute atomic E-state index is 0.0787. The summed E-state index contributed by atoms with van der Waals surface area (Å²) in [7, 11) is 0. The number of Topliss-reactive ketones (excluding diaryl/α,β-unsaturated/α-hetero) is 1. The maximum absolute atomic E-state index is 11.4. The van der Waals surface area contributed by atoms with E-state index in [2.05, 4.69) is 31.2 Å². The number of hydrogen-bond donors (Lipinski definition) is 0. The summed E-state index contributed by atoms with van der Waals surface area (Å²) in [4.78, 5) is 11.4. The third-order valence-electron chi connectivity index (χ3n) is 3.20. The molecular weight excluding hydrogens is 198 g/mol. The number of carbonyl (C=O) groups is 1. The SMILES string of the molecule is CCc1ccc2c(ccn2C(C)C(C)=O)c1. The second-order valence-electron chi connectivity index (χ2n) is 4.26. The normalized spacial score (nSPS) is 12.9. The van der Waals surface area contributed by atoms with Gasteiger partial charge in [0, 0.05) is 11.7 Å². The number of ketones is 1. The van der Waals surface area contributed by atoms with E-state index in [4.69, 9.17) is 0 Å². The molecule has 84 valence electrons. The number of hydrogen-bond acceptors (Lipinski definition) is 1. The van der Waals surface area contributed by atoms with E-state index in [0.717, 1.165) is 11.9 Å². The Morgan fingerprint density at radius 2 is 2.12 bits per heavy atom. The summed E-state index contributed by atoms with van der Waals surface area (Å²) in [6.07, 6.45) is 3.04. The van der Waals surface area contributed by atoms with Crippen molar-refractivity contribution in [2.45, 2.75) is 33.2 Å². The fourth-order valence-corrected chi connectivity index (χ4v) is 1.97. The molecule has 0 saturated heterocycles. The highest BCUT2D eigenvalue weighted by Crippen LogP contribution is 2.22. The molecule has 1 aromatic heterocycles. The molecule has 0 N–H and O–H groups in total. The number of nitrogens with zero attached hydrogens (tertiary/aromatic N) is 1. The van der Waals surface area contributed by atoms with Gasteiger partial charge in [-0.2, -0.15) is 0 Å². The van der Waals surface area contributed by atoms with E-state index in [1.807, 2.05) is 17.7 Å². The monoisotopic (exact) mass is 215 g/mol. The van der Waals surface area contributed by atoms with Crippen LogP contribution in [0.3, 0.4) is 0 Å². The number of fused-ring (bicyclic) bond motifs is 1. The van der Waals surface area contributed by atoms with E-state index in [1.54, 1.807) is 6.92 Å². The Morgan fingerprint density at radius 3 is 2.75 bits per heavy atom. The highest BCUT2D eigenvalue weighted by Gasteiger charge is 2.11. The highest BCUT2D eigenvalue weighted by molar-refractivity contribution is 5.85. The van der Waals surface area contributed by atoms with Gasteiger partial charge in [-0.3, -0.25) is 4.79 Å². The molecule has 0 spiro atoms. The van der Waals surface area contributed by atoms with Gasteiger partial charge in [-0.05, 0) is 49.4 Å². The molecule has 1 unspecified atom stereocenters. The smallest absolute Gasteiger partial charge is 0.152 e. The van der Waals surface area contributed by atoms with E-state index in [1.165, 1.54) is 10.9 Å². The molecule has 2 aromatic rings. The lowest BCUT2D eigenvalue weighted by atomic mass is 10.1. The van der Waals surface area contributed by atoms with Gasteiger partial charge in [0.05, 0.1) is 6.04 Å². The predicted molar refractivity (Wildman–Crippen MR) is 66.7 cm³/mol. The summed E-state index contributed by atoms with van der Waals surface area (Å²) in [6.45, 7) is 5.72. The minimum Gasteiger partial charge on any atom is -0.337 e. The summed E-state index contributed by atoms with van der Waals surface area (Å²) < 4.78 is 2.04. The number of benzene rings is 1. The standard InChI is InChI=1S/C14H17NO/c1-4-12-5-6-14-13(9-12)7-8-15(14)10(2)11(3)16/h5-10H,4H2,1-3H3. The Hall–Kier alpha value is -1.57. The lowest BCUT2D eigenvalue weighted by Crippen LogP contribution is -2.11. The molecule has 2 rings (SSSR count). The molecule has 0 fully saturated rings. The van der Waals surface area contributed by atoms with Crippen molar-refractivity contribution in [2.24, 2.45) is 0 Å². The lowest BCUT2D eigenvalue weighted by molar-refractivity contribution is -0.119. The van der Waals surface area contributed by atoms with Gasteiger partial charge >= 0.3 is 0 Å². The third-order valence-corrected chi connectivity index (χ3v) is 3.20. The Labute approximate surface area is 95.9 Å². The zero-order chi connectivity index (χ0) is 11.7. The van der Waals surface area contributed by atoms with Gasteiger partial charge in [0.2, 0.25) is 0 Å². The fraction of sp³-hybridized carbons (Fsp3) is 0.357. The van der Waals surface area contributed by atoms with Crippen molar-refractivity contribution >= 4 is 16.7 Å². The van der Waals surface area contributed by atoms with Gasteiger partial charge in [-0.25, -0.2) is 0 Å². The van der Waals surface area contributed by atoms with Crippen LogP contribution in [-0.4, -0.2) is 10.4 Å². The second kappa shape index (κ2) is 4.12. The first kappa shape index (κ1) is 10.9. The van der Waals surface area contributed by atoms with Crippen LogP contribution in [-0.2, 0) is 11.2 Å². The van der Waals surface area contributed by atoms with E-state index >= 15 is 0 Å². The van der Waals surface area contributed by atoms with Gasteiger partial charge in [-0.1, -0.05) is 13.0 Å². The second-order valence-corrected chi connectivity index (χ2v) is 4.26. The zero-order valence-corrected chi connectivity index (χ0v) is 10.0. The molecule has 0 aliphatic carbocycles. The summed E-state index contributed by atoms with van der Waals surface area (Å²) >= 11 is 0. The van der Waals surface area contributed by atoms with Crippen molar-refractivity contribution in [3.63, 3.8) is 0 Å². The Balaban J connectivity index is 2.53. The predicted octanol–water partition coefficient (Wildman–Crippen LogP) is 3.35. The number of carbonyl (C=O) groups excluding carboxylic acids is 1. The molecule has 2 nitrogen and oxygen atoms in total. The number of rotatable bonds is 3. The van der Waals surface area contributed by atoms with Crippen molar-refractivity contribution < 1.29 is 4.79 Å². The minimum atomic E-state index is -0.0787. The van der Waals surface area contributed by atoms with Gasteiger partial charge in [-0.15, -0.1) is 0 Å². The molecule has 2 heteroatoms. The van der Waals surface area contributed by atoms with Crippen LogP contribution < -0.4 is 0 Å². The molecule has 0 aliphatic rings. The maximum Gasteiger partial charge on any atom is 0.152 e. The molecule has 1 atom stereocenters. The zero-order valence-electron chi connectivity index (χ0n) is 10.0. The van der Waals surface area contributed by atoms with Gasteiger partial charge in [0.25, 0.3) is 0 Å². The van der Waals surface area contributed by atoms with Gasteiger partial charge in [0.1, 0.15) is 0 Å². The fourth-order valence-electron chi connectivity index (χ4n) is 1.97. The molecule has 0 bridgehead atoms. The van der Waals surface area contributed by atoms with E-state index < -0.39 is 0 Å². The molecular formula is C14H17NO. The number of aryl methyl sites for hydroxylation is 1. The van der Waals surface area contributed by atoms with Crippen LogP contribution in [0.1, 0.15) is 32.4 Å².